The van der Waals surface area contributed by atoms with Crippen LogP contribution in [0.25, 0.3) is 10.8 Å². The Morgan fingerprint density at radius 3 is 2.77 bits per heavy atom. The number of methoxy groups -OCH3 is 1. The van der Waals surface area contributed by atoms with Crippen molar-refractivity contribution in [1.82, 2.24) is 0 Å². The quantitative estimate of drug-likeness (QED) is 0.766. The molecule has 0 unspecified atom stereocenters. The van der Waals surface area contributed by atoms with E-state index >= 15 is 0 Å². The van der Waals surface area contributed by atoms with Crippen LogP contribution in [0.4, 0.5) is 5.69 Å². The molecular weight excluding hydrogens is 322 g/mol. The summed E-state index contributed by atoms with van der Waals surface area (Å²) in [5.41, 5.74) is 0.406. The molecule has 0 aliphatic carbocycles. The Hall–Kier alpha value is -2.25. The Kier molecular flexibility index (Phi) is 3.67. The number of rotatable bonds is 4. The van der Waals surface area contributed by atoms with Crippen molar-refractivity contribution in [2.24, 2.45) is 0 Å². The van der Waals surface area contributed by atoms with E-state index in [9.17, 15) is 13.5 Å². The van der Waals surface area contributed by atoms with E-state index in [0.29, 0.717) is 16.8 Å². The molecule has 3 rings (SSSR count). The number of phenolic OH excluding ortho intramolecular Hbond substituents is 1. The molecular formula is C15H13NO4S2. The van der Waals surface area contributed by atoms with Crippen molar-refractivity contribution in [3.05, 3.63) is 47.8 Å². The summed E-state index contributed by atoms with van der Waals surface area (Å²) < 4.78 is 32.8. The molecule has 2 aromatic carbocycles. The van der Waals surface area contributed by atoms with E-state index < -0.39 is 10.0 Å². The van der Waals surface area contributed by atoms with Gasteiger partial charge in [0, 0.05) is 5.39 Å². The predicted molar refractivity (Wildman–Crippen MR) is 87.3 cm³/mol. The van der Waals surface area contributed by atoms with E-state index in [-0.39, 0.29) is 9.96 Å². The summed E-state index contributed by atoms with van der Waals surface area (Å²) in [6, 6.07) is 11.7. The molecule has 1 aromatic heterocycles. The van der Waals surface area contributed by atoms with Crippen molar-refractivity contribution >= 4 is 37.8 Å². The number of fused-ring (bicyclic) bond motifs is 1. The van der Waals surface area contributed by atoms with Gasteiger partial charge in [0.25, 0.3) is 10.0 Å². The van der Waals surface area contributed by atoms with Crippen LogP contribution in [0.3, 0.4) is 0 Å². The van der Waals surface area contributed by atoms with E-state index in [4.69, 9.17) is 4.74 Å². The van der Waals surface area contributed by atoms with Crippen LogP contribution in [0.15, 0.2) is 52.1 Å². The fraction of sp³-hybridized carbons (Fsp3) is 0.0667. The highest BCUT2D eigenvalue weighted by Gasteiger charge is 2.22. The highest BCUT2D eigenvalue weighted by molar-refractivity contribution is 7.94. The minimum atomic E-state index is -3.76. The molecule has 114 valence electrons. The number of hydrogen-bond acceptors (Lipinski definition) is 5. The molecule has 2 N–H and O–H groups in total. The zero-order chi connectivity index (χ0) is 15.7. The van der Waals surface area contributed by atoms with E-state index in [2.05, 4.69) is 4.72 Å². The van der Waals surface area contributed by atoms with Gasteiger partial charge in [-0.1, -0.05) is 18.2 Å². The van der Waals surface area contributed by atoms with Gasteiger partial charge in [0.05, 0.1) is 12.8 Å². The molecule has 0 bridgehead atoms. The maximum atomic E-state index is 12.5. The van der Waals surface area contributed by atoms with Crippen LogP contribution in [-0.4, -0.2) is 20.6 Å². The van der Waals surface area contributed by atoms with Crippen molar-refractivity contribution < 1.29 is 18.3 Å². The molecule has 0 spiro atoms. The molecule has 0 fully saturated rings. The van der Waals surface area contributed by atoms with Gasteiger partial charge in [-0.25, -0.2) is 8.42 Å². The van der Waals surface area contributed by atoms with Crippen LogP contribution in [0.2, 0.25) is 0 Å². The maximum Gasteiger partial charge on any atom is 0.275 e. The number of hydrogen-bond donors (Lipinski definition) is 2. The second-order valence-corrected chi connectivity index (χ2v) is 7.39. The third-order valence-electron chi connectivity index (χ3n) is 3.17. The first kappa shape index (κ1) is 14.7. The third kappa shape index (κ3) is 2.60. The number of phenols is 1. The van der Waals surface area contributed by atoms with Crippen LogP contribution in [0.1, 0.15) is 0 Å². The maximum absolute atomic E-state index is 12.5. The normalized spacial score (nSPS) is 11.5. The Balaban J connectivity index is 2.08. The first-order valence-corrected chi connectivity index (χ1v) is 8.73. The first-order chi connectivity index (χ1) is 10.5. The monoisotopic (exact) mass is 335 g/mol. The lowest BCUT2D eigenvalue weighted by Crippen LogP contribution is -2.12. The molecule has 0 saturated heterocycles. The van der Waals surface area contributed by atoms with Crippen LogP contribution in [-0.2, 0) is 10.0 Å². The van der Waals surface area contributed by atoms with Crippen molar-refractivity contribution in [2.45, 2.75) is 4.21 Å². The molecule has 0 aliphatic heterocycles. The molecule has 3 aromatic rings. The lowest BCUT2D eigenvalue weighted by Gasteiger charge is -2.11. The number of thiophene rings is 1. The van der Waals surface area contributed by atoms with Gasteiger partial charge in [-0.3, -0.25) is 4.72 Å². The number of aromatic hydroxyl groups is 1. The largest absolute Gasteiger partial charge is 0.508 e. The second kappa shape index (κ2) is 5.51. The van der Waals surface area contributed by atoms with Crippen LogP contribution in [0, 0.1) is 0 Å². The van der Waals surface area contributed by atoms with Crippen LogP contribution >= 0.6 is 11.3 Å². The van der Waals surface area contributed by atoms with E-state index in [1.54, 1.807) is 35.7 Å². The number of anilines is 1. The summed E-state index contributed by atoms with van der Waals surface area (Å²) >= 11 is 1.08. The molecule has 7 heteroatoms. The molecule has 0 aliphatic rings. The van der Waals surface area contributed by atoms with E-state index in [1.807, 2.05) is 6.07 Å². The zero-order valence-electron chi connectivity index (χ0n) is 11.6. The SMILES string of the molecule is COc1ccsc1S(=O)(=O)Nc1cccc2ccc(O)cc12. The van der Waals surface area contributed by atoms with Crippen LogP contribution < -0.4 is 9.46 Å². The van der Waals surface area contributed by atoms with Gasteiger partial charge in [0.2, 0.25) is 0 Å². The Morgan fingerprint density at radius 2 is 2.00 bits per heavy atom. The fourth-order valence-corrected chi connectivity index (χ4v) is 4.53. The van der Waals surface area contributed by atoms with E-state index in [1.165, 1.54) is 13.2 Å². The molecule has 5 nitrogen and oxygen atoms in total. The molecule has 0 saturated carbocycles. The number of nitrogens with one attached hydrogen (secondary N) is 1. The second-order valence-electron chi connectivity index (χ2n) is 4.59. The van der Waals surface area contributed by atoms with Gasteiger partial charge in [0.15, 0.2) is 4.21 Å². The highest BCUT2D eigenvalue weighted by Crippen LogP contribution is 2.33. The summed E-state index contributed by atoms with van der Waals surface area (Å²) in [5, 5.41) is 12.7. The topological polar surface area (TPSA) is 75.6 Å². The third-order valence-corrected chi connectivity index (χ3v) is 5.98. The first-order valence-electron chi connectivity index (χ1n) is 6.37. The van der Waals surface area contributed by atoms with Gasteiger partial charge in [0.1, 0.15) is 11.5 Å². The zero-order valence-corrected chi connectivity index (χ0v) is 13.2. The average molecular weight is 335 g/mol. The van der Waals surface area contributed by atoms with Gasteiger partial charge < -0.3 is 9.84 Å². The summed E-state index contributed by atoms with van der Waals surface area (Å²) in [5.74, 6) is 0.383. The summed E-state index contributed by atoms with van der Waals surface area (Å²) in [6.07, 6.45) is 0. The Morgan fingerprint density at radius 1 is 1.18 bits per heavy atom. The summed E-state index contributed by atoms with van der Waals surface area (Å²) in [6.45, 7) is 0. The minimum Gasteiger partial charge on any atom is -0.508 e. The lowest BCUT2D eigenvalue weighted by atomic mass is 10.1. The number of sulfonamides is 1. The lowest BCUT2D eigenvalue weighted by molar-refractivity contribution is 0.406. The van der Waals surface area contributed by atoms with Gasteiger partial charge in [-0.05, 0) is 35.0 Å². The Labute approximate surface area is 131 Å². The highest BCUT2D eigenvalue weighted by atomic mass is 32.2. The number of benzene rings is 2. The van der Waals surface area contributed by atoms with Crippen molar-refractivity contribution in [2.75, 3.05) is 11.8 Å². The average Bonchev–Trinajstić information content (AvgIpc) is 2.97. The molecule has 0 amide bonds. The minimum absolute atomic E-state index is 0.0767. The van der Waals surface area contributed by atoms with Gasteiger partial charge in [-0.2, -0.15) is 0 Å². The van der Waals surface area contributed by atoms with Crippen molar-refractivity contribution in [1.29, 1.82) is 0 Å². The standard InChI is InChI=1S/C15H13NO4S2/c1-20-14-7-8-21-15(14)22(18,19)16-13-4-2-3-10-5-6-11(17)9-12(10)13/h2-9,16-17H,1H3. The Bertz CT molecular complexity index is 932. The van der Waals surface area contributed by atoms with Crippen molar-refractivity contribution in [3.63, 3.8) is 0 Å². The molecule has 0 radical (unpaired) electrons. The predicted octanol–water partition coefficient (Wildman–Crippen LogP) is 3.42. The smallest absolute Gasteiger partial charge is 0.275 e. The number of ether oxygens (including phenoxy) is 1. The van der Waals surface area contributed by atoms with Gasteiger partial charge >= 0.3 is 0 Å². The fourth-order valence-electron chi connectivity index (χ4n) is 2.17. The van der Waals surface area contributed by atoms with E-state index in [0.717, 1.165) is 16.7 Å². The molecule has 22 heavy (non-hydrogen) atoms. The molecule has 0 atom stereocenters. The summed E-state index contributed by atoms with van der Waals surface area (Å²) in [4.78, 5) is 0. The van der Waals surface area contributed by atoms with Crippen molar-refractivity contribution in [3.8, 4) is 11.5 Å². The van der Waals surface area contributed by atoms with Gasteiger partial charge in [-0.15, -0.1) is 11.3 Å². The summed E-state index contributed by atoms with van der Waals surface area (Å²) in [7, 11) is -2.33. The molecule has 1 heterocycles. The van der Waals surface area contributed by atoms with Crippen LogP contribution in [0.5, 0.6) is 11.5 Å².